The van der Waals surface area contributed by atoms with Gasteiger partial charge in [0.2, 0.25) is 11.8 Å². The molecule has 0 aliphatic heterocycles. The van der Waals surface area contributed by atoms with Gasteiger partial charge < -0.3 is 13.9 Å². The van der Waals surface area contributed by atoms with E-state index in [-0.39, 0.29) is 11.3 Å². The lowest BCUT2D eigenvalue weighted by Gasteiger charge is -2.14. The number of hydrogen-bond acceptors (Lipinski definition) is 6. The van der Waals surface area contributed by atoms with Crippen LogP contribution in [-0.2, 0) is 23.2 Å². The second-order valence-corrected chi connectivity index (χ2v) is 6.44. The Balaban J connectivity index is 1.85. The van der Waals surface area contributed by atoms with Crippen LogP contribution in [0.15, 0.2) is 15.1 Å². The molecule has 0 fully saturated rings. The van der Waals surface area contributed by atoms with Gasteiger partial charge in [0.15, 0.2) is 5.82 Å². The van der Waals surface area contributed by atoms with Crippen LogP contribution >= 0.6 is 0 Å². The highest BCUT2D eigenvalue weighted by molar-refractivity contribution is 5.75. The van der Waals surface area contributed by atoms with Gasteiger partial charge in [0.05, 0.1) is 6.54 Å². The van der Waals surface area contributed by atoms with Crippen LogP contribution in [0.2, 0.25) is 0 Å². The highest BCUT2D eigenvalue weighted by Gasteiger charge is 2.21. The van der Waals surface area contributed by atoms with E-state index < -0.39 is 0 Å². The van der Waals surface area contributed by atoms with E-state index in [1.54, 1.807) is 11.9 Å². The maximum Gasteiger partial charge on any atom is 0.227 e. The van der Waals surface area contributed by atoms with Gasteiger partial charge in [-0.25, -0.2) is 0 Å². The fraction of sp³-hybridized carbons (Fsp3) is 0.600. The predicted molar refractivity (Wildman–Crippen MR) is 79.0 cm³/mol. The molecule has 0 saturated carbocycles. The van der Waals surface area contributed by atoms with Gasteiger partial charge in [0.25, 0.3) is 0 Å². The van der Waals surface area contributed by atoms with E-state index in [0.717, 1.165) is 11.5 Å². The molecule has 0 aliphatic rings. The molecule has 0 N–H and O–H groups in total. The Morgan fingerprint density at radius 3 is 2.55 bits per heavy atom. The molecular weight excluding hydrogens is 284 g/mol. The van der Waals surface area contributed by atoms with Crippen LogP contribution in [0.3, 0.4) is 0 Å². The lowest BCUT2D eigenvalue weighted by Crippen LogP contribution is -2.26. The zero-order valence-corrected chi connectivity index (χ0v) is 13.7. The Morgan fingerprint density at radius 2 is 2.00 bits per heavy atom. The molecule has 120 valence electrons. The number of amides is 1. The van der Waals surface area contributed by atoms with Crippen LogP contribution in [0, 0.1) is 6.92 Å². The molecule has 0 aromatic carbocycles. The first kappa shape index (κ1) is 16.2. The first-order valence-electron chi connectivity index (χ1n) is 7.25. The third-order valence-electron chi connectivity index (χ3n) is 3.19. The minimum atomic E-state index is -0.159. The van der Waals surface area contributed by atoms with Crippen LogP contribution in [0.5, 0.6) is 0 Å². The molecule has 1 amide bonds. The number of hydrogen-bond donors (Lipinski definition) is 0. The van der Waals surface area contributed by atoms with Crippen molar-refractivity contribution in [1.82, 2.24) is 20.2 Å². The first-order valence-corrected chi connectivity index (χ1v) is 7.25. The molecule has 0 radical (unpaired) electrons. The molecule has 2 rings (SSSR count). The SMILES string of the molecule is Cc1cc(CN(C)C(=O)CCc2nc(C(C)(C)C)no2)no1. The van der Waals surface area contributed by atoms with E-state index >= 15 is 0 Å². The van der Waals surface area contributed by atoms with Crippen LogP contribution < -0.4 is 0 Å². The van der Waals surface area contributed by atoms with E-state index in [2.05, 4.69) is 15.3 Å². The van der Waals surface area contributed by atoms with Gasteiger partial charge in [-0.05, 0) is 6.92 Å². The monoisotopic (exact) mass is 306 g/mol. The Kier molecular flexibility index (Phi) is 4.63. The summed E-state index contributed by atoms with van der Waals surface area (Å²) >= 11 is 0. The zero-order chi connectivity index (χ0) is 16.3. The molecule has 2 aromatic rings. The first-order chi connectivity index (χ1) is 10.3. The minimum Gasteiger partial charge on any atom is -0.361 e. The molecule has 22 heavy (non-hydrogen) atoms. The van der Waals surface area contributed by atoms with Crippen molar-refractivity contribution < 1.29 is 13.8 Å². The Bertz CT molecular complexity index is 639. The zero-order valence-electron chi connectivity index (χ0n) is 13.7. The van der Waals surface area contributed by atoms with Gasteiger partial charge in [-0.1, -0.05) is 31.1 Å². The molecule has 0 atom stereocenters. The van der Waals surface area contributed by atoms with Crippen molar-refractivity contribution in [2.24, 2.45) is 0 Å². The van der Waals surface area contributed by atoms with Gasteiger partial charge in [-0.15, -0.1) is 0 Å². The predicted octanol–water partition coefficient (Wildman–Crippen LogP) is 2.25. The Labute approximate surface area is 129 Å². The van der Waals surface area contributed by atoms with Crippen molar-refractivity contribution in [3.05, 3.63) is 29.2 Å². The smallest absolute Gasteiger partial charge is 0.227 e. The number of aromatic nitrogens is 3. The van der Waals surface area contributed by atoms with Crippen molar-refractivity contribution in [2.45, 2.75) is 52.5 Å². The number of rotatable bonds is 5. The summed E-state index contributed by atoms with van der Waals surface area (Å²) < 4.78 is 10.2. The number of carbonyl (C=O) groups excluding carboxylic acids is 1. The van der Waals surface area contributed by atoms with E-state index in [4.69, 9.17) is 9.05 Å². The van der Waals surface area contributed by atoms with Gasteiger partial charge in [0, 0.05) is 31.4 Å². The highest BCUT2D eigenvalue weighted by atomic mass is 16.5. The second-order valence-electron chi connectivity index (χ2n) is 6.44. The molecule has 0 saturated heterocycles. The molecule has 0 unspecified atom stereocenters. The molecule has 0 bridgehead atoms. The van der Waals surface area contributed by atoms with E-state index in [1.807, 2.05) is 33.8 Å². The van der Waals surface area contributed by atoms with E-state index in [0.29, 0.717) is 31.1 Å². The summed E-state index contributed by atoms with van der Waals surface area (Å²) in [4.78, 5) is 18.0. The van der Waals surface area contributed by atoms with Crippen molar-refractivity contribution in [3.63, 3.8) is 0 Å². The normalized spacial score (nSPS) is 11.7. The fourth-order valence-corrected chi connectivity index (χ4v) is 1.89. The Morgan fingerprint density at radius 1 is 1.27 bits per heavy atom. The van der Waals surface area contributed by atoms with Crippen LogP contribution in [0.1, 0.15) is 50.4 Å². The van der Waals surface area contributed by atoms with Crippen molar-refractivity contribution in [3.8, 4) is 0 Å². The summed E-state index contributed by atoms with van der Waals surface area (Å²) in [5.74, 6) is 1.87. The lowest BCUT2D eigenvalue weighted by molar-refractivity contribution is -0.130. The summed E-state index contributed by atoms with van der Waals surface area (Å²) in [7, 11) is 1.74. The maximum atomic E-state index is 12.1. The van der Waals surface area contributed by atoms with Gasteiger partial charge >= 0.3 is 0 Å². The standard InChI is InChI=1S/C15H22N4O3/c1-10-8-11(17-21-10)9-19(5)13(20)7-6-12-16-14(18-22-12)15(2,3)4/h8H,6-7,9H2,1-5H3. The summed E-state index contributed by atoms with van der Waals surface area (Å²) in [6.07, 6.45) is 0.753. The average Bonchev–Trinajstić information content (AvgIpc) is 3.04. The molecule has 2 aromatic heterocycles. The van der Waals surface area contributed by atoms with Crippen LogP contribution in [0.4, 0.5) is 0 Å². The molecule has 0 aliphatic carbocycles. The topological polar surface area (TPSA) is 85.3 Å². The number of carbonyl (C=O) groups is 1. The number of nitrogens with zero attached hydrogens (tertiary/aromatic N) is 4. The van der Waals surface area contributed by atoms with E-state index in [1.165, 1.54) is 0 Å². The molecule has 2 heterocycles. The van der Waals surface area contributed by atoms with Gasteiger partial charge in [-0.2, -0.15) is 4.98 Å². The third kappa shape index (κ3) is 4.16. The van der Waals surface area contributed by atoms with Crippen molar-refractivity contribution in [1.29, 1.82) is 0 Å². The maximum absolute atomic E-state index is 12.1. The Hall–Kier alpha value is -2.18. The molecule has 0 spiro atoms. The lowest BCUT2D eigenvalue weighted by atomic mass is 9.96. The summed E-state index contributed by atoms with van der Waals surface area (Å²) in [6.45, 7) is 8.29. The highest BCUT2D eigenvalue weighted by Crippen LogP contribution is 2.18. The molecule has 7 nitrogen and oxygen atoms in total. The van der Waals surface area contributed by atoms with Gasteiger partial charge in [0.1, 0.15) is 11.5 Å². The fourth-order valence-electron chi connectivity index (χ4n) is 1.89. The van der Waals surface area contributed by atoms with Gasteiger partial charge in [-0.3, -0.25) is 4.79 Å². The summed E-state index contributed by atoms with van der Waals surface area (Å²) in [5.41, 5.74) is 0.578. The van der Waals surface area contributed by atoms with Crippen molar-refractivity contribution >= 4 is 5.91 Å². The second kappa shape index (κ2) is 6.29. The van der Waals surface area contributed by atoms with Crippen molar-refractivity contribution in [2.75, 3.05) is 7.05 Å². The number of aryl methyl sites for hydroxylation is 2. The van der Waals surface area contributed by atoms with Crippen LogP contribution in [-0.4, -0.2) is 33.2 Å². The minimum absolute atomic E-state index is 0.00355. The summed E-state index contributed by atoms with van der Waals surface area (Å²) in [6, 6.07) is 1.82. The van der Waals surface area contributed by atoms with E-state index in [9.17, 15) is 4.79 Å². The van der Waals surface area contributed by atoms with Crippen LogP contribution in [0.25, 0.3) is 0 Å². The average molecular weight is 306 g/mol. The largest absolute Gasteiger partial charge is 0.361 e. The summed E-state index contributed by atoms with van der Waals surface area (Å²) in [5, 5.41) is 7.82. The quantitative estimate of drug-likeness (QED) is 0.842. The molecular formula is C15H22N4O3. The third-order valence-corrected chi connectivity index (χ3v) is 3.19. The molecule has 7 heteroatoms.